The molecule has 6 heteroatoms. The Morgan fingerprint density at radius 2 is 2.20 bits per heavy atom. The number of fused-ring (bicyclic) bond motifs is 1. The van der Waals surface area contributed by atoms with E-state index < -0.39 is 0 Å². The van der Waals surface area contributed by atoms with Gasteiger partial charge < -0.3 is 4.74 Å². The van der Waals surface area contributed by atoms with Crippen molar-refractivity contribution in [3.05, 3.63) is 47.0 Å². The SMILES string of the molecule is COc1ccc(Br)cc1-n1c(CCl)nc2cnccc21. The van der Waals surface area contributed by atoms with Crippen LogP contribution in [0.2, 0.25) is 0 Å². The number of nitrogens with zero attached hydrogens (tertiary/aromatic N) is 3. The summed E-state index contributed by atoms with van der Waals surface area (Å²) in [5, 5.41) is 0. The molecular formula is C14H11BrClN3O. The van der Waals surface area contributed by atoms with Crippen molar-refractivity contribution in [3.8, 4) is 11.4 Å². The normalized spacial score (nSPS) is 10.9. The zero-order chi connectivity index (χ0) is 14.1. The molecule has 0 bridgehead atoms. The summed E-state index contributed by atoms with van der Waals surface area (Å²) in [6, 6.07) is 7.74. The Morgan fingerprint density at radius 3 is 2.95 bits per heavy atom. The van der Waals surface area contributed by atoms with Gasteiger partial charge in [0.05, 0.1) is 30.4 Å². The van der Waals surface area contributed by atoms with Crippen molar-refractivity contribution in [2.75, 3.05) is 7.11 Å². The average Bonchev–Trinajstić information content (AvgIpc) is 2.85. The summed E-state index contributed by atoms with van der Waals surface area (Å²) >= 11 is 9.52. The third kappa shape index (κ3) is 2.17. The van der Waals surface area contributed by atoms with Gasteiger partial charge in [-0.1, -0.05) is 15.9 Å². The van der Waals surface area contributed by atoms with E-state index >= 15 is 0 Å². The molecule has 20 heavy (non-hydrogen) atoms. The fourth-order valence-corrected chi connectivity index (χ4v) is 2.71. The standard InChI is InChI=1S/C14H11BrClN3O/c1-20-13-3-2-9(15)6-12(13)19-11-4-5-17-8-10(11)18-14(19)7-16/h2-6,8H,7H2,1H3. The number of methoxy groups -OCH3 is 1. The molecule has 1 aromatic carbocycles. The Labute approximate surface area is 129 Å². The van der Waals surface area contributed by atoms with Crippen molar-refractivity contribution in [2.24, 2.45) is 0 Å². The van der Waals surface area contributed by atoms with Crippen LogP contribution in [-0.4, -0.2) is 21.6 Å². The Morgan fingerprint density at radius 1 is 1.35 bits per heavy atom. The van der Waals surface area contributed by atoms with E-state index in [1.165, 1.54) is 0 Å². The lowest BCUT2D eigenvalue weighted by Gasteiger charge is -2.13. The van der Waals surface area contributed by atoms with Crippen molar-refractivity contribution in [1.29, 1.82) is 0 Å². The molecule has 0 radical (unpaired) electrons. The quantitative estimate of drug-likeness (QED) is 0.671. The van der Waals surface area contributed by atoms with Crippen LogP contribution in [0.5, 0.6) is 5.75 Å². The van der Waals surface area contributed by atoms with E-state index in [9.17, 15) is 0 Å². The summed E-state index contributed by atoms with van der Waals surface area (Å²) in [6.45, 7) is 0. The summed E-state index contributed by atoms with van der Waals surface area (Å²) in [4.78, 5) is 8.61. The molecule has 0 spiro atoms. The van der Waals surface area contributed by atoms with Gasteiger partial charge in [-0.25, -0.2) is 4.98 Å². The summed E-state index contributed by atoms with van der Waals surface area (Å²) in [6.07, 6.45) is 3.47. The zero-order valence-corrected chi connectivity index (χ0v) is 13.0. The van der Waals surface area contributed by atoms with Crippen LogP contribution < -0.4 is 4.74 Å². The van der Waals surface area contributed by atoms with Crippen LogP contribution in [0.25, 0.3) is 16.7 Å². The van der Waals surface area contributed by atoms with Crippen molar-refractivity contribution in [3.63, 3.8) is 0 Å². The number of alkyl halides is 1. The minimum Gasteiger partial charge on any atom is -0.495 e. The Kier molecular flexibility index (Phi) is 3.63. The third-order valence-electron chi connectivity index (χ3n) is 3.03. The molecule has 0 aliphatic carbocycles. The Balaban J connectivity index is 2.36. The van der Waals surface area contributed by atoms with Crippen molar-refractivity contribution < 1.29 is 4.74 Å². The van der Waals surface area contributed by atoms with Crippen LogP contribution in [0.15, 0.2) is 41.1 Å². The van der Waals surface area contributed by atoms with Gasteiger partial charge in [0, 0.05) is 10.7 Å². The van der Waals surface area contributed by atoms with Crippen molar-refractivity contribution in [2.45, 2.75) is 5.88 Å². The molecular weight excluding hydrogens is 342 g/mol. The third-order valence-corrected chi connectivity index (χ3v) is 3.76. The lowest BCUT2D eigenvalue weighted by Crippen LogP contribution is -2.02. The highest BCUT2D eigenvalue weighted by atomic mass is 79.9. The highest BCUT2D eigenvalue weighted by Gasteiger charge is 2.15. The van der Waals surface area contributed by atoms with Gasteiger partial charge >= 0.3 is 0 Å². The van der Waals surface area contributed by atoms with E-state index in [1.54, 1.807) is 19.5 Å². The second kappa shape index (κ2) is 5.42. The molecule has 102 valence electrons. The maximum Gasteiger partial charge on any atom is 0.142 e. The van der Waals surface area contributed by atoms with Crippen LogP contribution >= 0.6 is 27.5 Å². The molecule has 3 aromatic rings. The van der Waals surface area contributed by atoms with Crippen LogP contribution in [0, 0.1) is 0 Å². The predicted molar refractivity (Wildman–Crippen MR) is 82.7 cm³/mol. The molecule has 4 nitrogen and oxygen atoms in total. The predicted octanol–water partition coefficient (Wildman–Crippen LogP) is 3.93. The molecule has 0 N–H and O–H groups in total. The second-order valence-electron chi connectivity index (χ2n) is 4.18. The van der Waals surface area contributed by atoms with Crippen LogP contribution in [-0.2, 0) is 5.88 Å². The molecule has 0 aliphatic heterocycles. The number of hydrogen-bond acceptors (Lipinski definition) is 3. The summed E-state index contributed by atoms with van der Waals surface area (Å²) in [5.74, 6) is 1.83. The van der Waals surface area contributed by atoms with Gasteiger partial charge in [0.1, 0.15) is 17.1 Å². The molecule has 0 saturated heterocycles. The average molecular weight is 353 g/mol. The molecule has 0 saturated carbocycles. The van der Waals surface area contributed by atoms with Crippen LogP contribution in [0.1, 0.15) is 5.82 Å². The van der Waals surface area contributed by atoms with Gasteiger partial charge in [0.15, 0.2) is 0 Å². The van der Waals surface area contributed by atoms with E-state index in [-0.39, 0.29) is 0 Å². The first-order chi connectivity index (χ1) is 9.74. The van der Waals surface area contributed by atoms with Gasteiger partial charge in [0.25, 0.3) is 0 Å². The lowest BCUT2D eigenvalue weighted by atomic mass is 10.2. The number of ether oxygens (including phenoxy) is 1. The van der Waals surface area contributed by atoms with Gasteiger partial charge in [-0.05, 0) is 24.3 Å². The monoisotopic (exact) mass is 351 g/mol. The first-order valence-corrected chi connectivity index (χ1v) is 7.28. The number of imidazole rings is 1. The number of pyridine rings is 1. The highest BCUT2D eigenvalue weighted by molar-refractivity contribution is 9.10. The first kappa shape index (κ1) is 13.4. The lowest BCUT2D eigenvalue weighted by molar-refractivity contribution is 0.413. The molecule has 0 fully saturated rings. The fourth-order valence-electron chi connectivity index (χ4n) is 2.18. The Hall–Kier alpha value is -1.59. The summed E-state index contributed by atoms with van der Waals surface area (Å²) in [5.41, 5.74) is 2.66. The number of aromatic nitrogens is 3. The maximum atomic E-state index is 6.03. The fraction of sp³-hybridized carbons (Fsp3) is 0.143. The highest BCUT2D eigenvalue weighted by Crippen LogP contribution is 2.31. The van der Waals surface area contributed by atoms with E-state index in [1.807, 2.05) is 28.8 Å². The summed E-state index contributed by atoms with van der Waals surface area (Å²) < 4.78 is 8.40. The molecule has 3 rings (SSSR count). The van der Waals surface area contributed by atoms with Gasteiger partial charge in [-0.3, -0.25) is 9.55 Å². The van der Waals surface area contributed by atoms with Crippen LogP contribution in [0.3, 0.4) is 0 Å². The molecule has 0 unspecified atom stereocenters. The van der Waals surface area contributed by atoms with E-state index in [4.69, 9.17) is 16.3 Å². The second-order valence-corrected chi connectivity index (χ2v) is 5.36. The molecule has 2 heterocycles. The first-order valence-electron chi connectivity index (χ1n) is 5.96. The molecule has 0 atom stereocenters. The maximum absolute atomic E-state index is 6.03. The van der Waals surface area contributed by atoms with E-state index in [0.29, 0.717) is 5.88 Å². The van der Waals surface area contributed by atoms with Crippen LogP contribution in [0.4, 0.5) is 0 Å². The zero-order valence-electron chi connectivity index (χ0n) is 10.7. The molecule has 2 aromatic heterocycles. The van der Waals surface area contributed by atoms with E-state index in [2.05, 4.69) is 25.9 Å². The minimum atomic E-state index is 0.310. The number of benzene rings is 1. The largest absolute Gasteiger partial charge is 0.495 e. The molecule has 0 amide bonds. The van der Waals surface area contributed by atoms with Gasteiger partial charge in [-0.15, -0.1) is 11.6 Å². The Bertz CT molecular complexity index is 772. The number of halogens is 2. The van der Waals surface area contributed by atoms with Crippen molar-refractivity contribution in [1.82, 2.24) is 14.5 Å². The van der Waals surface area contributed by atoms with E-state index in [0.717, 1.165) is 32.8 Å². The number of rotatable bonds is 3. The van der Waals surface area contributed by atoms with Crippen molar-refractivity contribution >= 4 is 38.6 Å². The summed E-state index contributed by atoms with van der Waals surface area (Å²) in [7, 11) is 1.65. The number of hydrogen-bond donors (Lipinski definition) is 0. The smallest absolute Gasteiger partial charge is 0.142 e. The molecule has 0 aliphatic rings. The topological polar surface area (TPSA) is 39.9 Å². The van der Waals surface area contributed by atoms with Gasteiger partial charge in [0.2, 0.25) is 0 Å². The minimum absolute atomic E-state index is 0.310. The van der Waals surface area contributed by atoms with Gasteiger partial charge in [-0.2, -0.15) is 0 Å².